The zero-order valence-corrected chi connectivity index (χ0v) is 27.1. The van der Waals surface area contributed by atoms with E-state index in [1.807, 2.05) is 6.08 Å². The van der Waals surface area contributed by atoms with Gasteiger partial charge in [-0.15, -0.1) is 6.58 Å². The Balaban J connectivity index is 1.39. The first-order chi connectivity index (χ1) is 22.0. The summed E-state index contributed by atoms with van der Waals surface area (Å²) in [5.74, 6) is -5.96. The number of rotatable bonds is 5. The number of amides is 4. The fourth-order valence-electron chi connectivity index (χ4n) is 8.24. The summed E-state index contributed by atoms with van der Waals surface area (Å²) in [4.78, 5) is 59.2. The lowest BCUT2D eigenvalue weighted by Gasteiger charge is -2.49. The van der Waals surface area contributed by atoms with Crippen LogP contribution < -0.4 is 9.80 Å². The molecule has 0 spiro atoms. The number of carbonyl (C=O) groups excluding carboxylic acids is 4. The van der Waals surface area contributed by atoms with Crippen molar-refractivity contribution in [3.05, 3.63) is 111 Å². The van der Waals surface area contributed by atoms with Gasteiger partial charge in [-0.05, 0) is 80.1 Å². The Bertz CT molecular complexity index is 1890. The minimum Gasteiger partial charge on any atom is -0.507 e. The highest BCUT2D eigenvalue weighted by molar-refractivity contribution is 9.10. The summed E-state index contributed by atoms with van der Waals surface area (Å²) >= 11 is 9.48. The molecule has 4 amide bonds. The average Bonchev–Trinajstić information content (AvgIpc) is 3.40. The van der Waals surface area contributed by atoms with Crippen LogP contribution in [0.2, 0.25) is 5.02 Å². The number of phenolic OH excluding ortho intramolecular Hbond substituents is 1. The number of para-hydroxylation sites is 1. The summed E-state index contributed by atoms with van der Waals surface area (Å²) in [5.41, 5.74) is 1.06. The summed E-state index contributed by atoms with van der Waals surface area (Å²) in [6, 6.07) is 16.0. The van der Waals surface area contributed by atoms with Crippen LogP contribution in [-0.4, -0.2) is 28.7 Å². The third-order valence-electron chi connectivity index (χ3n) is 10.3. The Kier molecular flexibility index (Phi) is 7.32. The minimum absolute atomic E-state index is 0.00936. The van der Waals surface area contributed by atoms with Crippen molar-refractivity contribution in [2.75, 3.05) is 9.80 Å². The van der Waals surface area contributed by atoms with Gasteiger partial charge >= 0.3 is 0 Å². The zero-order valence-electron chi connectivity index (χ0n) is 24.8. The van der Waals surface area contributed by atoms with Crippen LogP contribution in [0.5, 0.6) is 5.75 Å². The maximum atomic E-state index is 14.6. The van der Waals surface area contributed by atoms with Crippen LogP contribution in [0.25, 0.3) is 0 Å². The van der Waals surface area contributed by atoms with Crippen LogP contribution in [0.4, 0.5) is 15.8 Å². The Morgan fingerprint density at radius 3 is 2.41 bits per heavy atom. The first kappa shape index (κ1) is 30.6. The van der Waals surface area contributed by atoms with Gasteiger partial charge in [0.2, 0.25) is 23.6 Å². The lowest BCUT2D eigenvalue weighted by Crippen LogP contribution is -2.49. The van der Waals surface area contributed by atoms with Gasteiger partial charge in [0.1, 0.15) is 11.6 Å². The molecule has 2 aliphatic carbocycles. The Morgan fingerprint density at radius 2 is 1.72 bits per heavy atom. The van der Waals surface area contributed by atoms with Crippen LogP contribution in [-0.2, 0) is 25.6 Å². The fraction of sp³-hybridized carbons (Fsp3) is 0.278. The van der Waals surface area contributed by atoms with Crippen molar-refractivity contribution in [1.82, 2.24) is 0 Å². The number of hydrogen-bond donors (Lipinski definition) is 1. The third-order valence-corrected chi connectivity index (χ3v) is 11.2. The van der Waals surface area contributed by atoms with Crippen LogP contribution in [0, 0.1) is 34.9 Å². The maximum absolute atomic E-state index is 14.6. The minimum atomic E-state index is -1.37. The highest BCUT2D eigenvalue weighted by atomic mass is 79.9. The molecule has 4 aliphatic rings. The molecule has 3 aromatic carbocycles. The van der Waals surface area contributed by atoms with Crippen LogP contribution in [0.3, 0.4) is 0 Å². The topological polar surface area (TPSA) is 95.0 Å². The molecule has 3 fully saturated rings. The van der Waals surface area contributed by atoms with Gasteiger partial charge in [-0.3, -0.25) is 24.1 Å². The third kappa shape index (κ3) is 4.28. The van der Waals surface area contributed by atoms with Crippen LogP contribution in [0.15, 0.2) is 89.4 Å². The molecule has 6 atom stereocenters. The lowest BCUT2D eigenvalue weighted by molar-refractivity contribution is -0.131. The second kappa shape index (κ2) is 11.0. The molecule has 46 heavy (non-hydrogen) atoms. The van der Waals surface area contributed by atoms with Gasteiger partial charge < -0.3 is 5.11 Å². The molecule has 7 rings (SSSR count). The molecule has 0 bridgehead atoms. The summed E-state index contributed by atoms with van der Waals surface area (Å²) in [7, 11) is 0. The van der Waals surface area contributed by atoms with Crippen LogP contribution in [0.1, 0.15) is 36.8 Å². The van der Waals surface area contributed by atoms with E-state index in [4.69, 9.17) is 11.6 Å². The van der Waals surface area contributed by atoms with Gasteiger partial charge in [-0.1, -0.05) is 63.5 Å². The van der Waals surface area contributed by atoms with E-state index in [1.54, 1.807) is 55.5 Å². The van der Waals surface area contributed by atoms with E-state index in [1.165, 1.54) is 17.0 Å². The van der Waals surface area contributed by atoms with Crippen molar-refractivity contribution in [1.29, 1.82) is 0 Å². The molecule has 0 aromatic heterocycles. The Morgan fingerprint density at radius 1 is 1.00 bits per heavy atom. The number of hydrogen-bond acceptors (Lipinski definition) is 5. The second-order valence-electron chi connectivity index (χ2n) is 12.6. The number of allylic oxidation sites excluding steroid dienone is 3. The smallest absolute Gasteiger partial charge is 0.241 e. The standard InChI is InChI=1S/C36H29BrClFN2O5/c1-3-5-18-6-4-7-24(31(18)42)30-22-13-14-23-29(34(45)40(32(23)43)20-10-8-19(37)9-11-20)25(22)17-26-33(44)41(35(46)36(26,30)2)21-12-15-28(39)27(38)16-21/h3-4,6-13,15-16,23,25-26,29-30,42H,1,5,14,17H2,2H3/t23-,25+,26-,29-,30+,36+/m0/s1. The first-order valence-electron chi connectivity index (χ1n) is 15.1. The van der Waals surface area contributed by atoms with E-state index < -0.39 is 52.6 Å². The number of aromatic hydroxyl groups is 1. The quantitative estimate of drug-likeness (QED) is 0.226. The van der Waals surface area contributed by atoms with Gasteiger partial charge in [0.15, 0.2) is 0 Å². The monoisotopic (exact) mass is 702 g/mol. The molecule has 2 aliphatic heterocycles. The van der Waals surface area contributed by atoms with Gasteiger partial charge in [0, 0.05) is 16.0 Å². The number of nitrogens with zero attached hydrogens (tertiary/aromatic N) is 2. The largest absolute Gasteiger partial charge is 0.507 e. The molecular weight excluding hydrogens is 675 g/mol. The van der Waals surface area contributed by atoms with E-state index in [0.29, 0.717) is 23.2 Å². The molecule has 0 unspecified atom stereocenters. The van der Waals surface area contributed by atoms with Crippen molar-refractivity contribution < 1.29 is 28.7 Å². The molecule has 1 N–H and O–H groups in total. The number of phenols is 1. The molecule has 7 nitrogen and oxygen atoms in total. The van der Waals surface area contributed by atoms with Crippen molar-refractivity contribution in [2.24, 2.45) is 29.1 Å². The first-order valence-corrected chi connectivity index (χ1v) is 16.2. The van der Waals surface area contributed by atoms with E-state index in [9.17, 15) is 28.7 Å². The highest BCUT2D eigenvalue weighted by Gasteiger charge is 2.68. The summed E-state index contributed by atoms with van der Waals surface area (Å²) in [5, 5.41) is 11.4. The van der Waals surface area contributed by atoms with E-state index in [-0.39, 0.29) is 41.1 Å². The molecule has 1 saturated carbocycles. The summed E-state index contributed by atoms with van der Waals surface area (Å²) < 4.78 is 14.9. The molecule has 3 aromatic rings. The van der Waals surface area contributed by atoms with Crippen molar-refractivity contribution in [2.45, 2.75) is 32.1 Å². The SMILES string of the molecule is C=CCc1cccc([C@H]2C3=CC[C@@H]4C(=O)N(c5ccc(Br)cc5)C(=O)[C@@H]4[C@@H]3C[C@H]3C(=O)N(c4ccc(F)c(Cl)c4)C(=O)[C@@]23C)c1O. The molecule has 2 saturated heterocycles. The summed E-state index contributed by atoms with van der Waals surface area (Å²) in [6.07, 6.45) is 4.40. The van der Waals surface area contributed by atoms with Gasteiger partial charge in [-0.25, -0.2) is 9.29 Å². The molecule has 2 heterocycles. The van der Waals surface area contributed by atoms with E-state index in [2.05, 4.69) is 22.5 Å². The zero-order chi connectivity index (χ0) is 32.7. The number of halogens is 3. The molecular formula is C36H29BrClFN2O5. The molecule has 234 valence electrons. The number of anilines is 2. The summed E-state index contributed by atoms with van der Waals surface area (Å²) in [6.45, 7) is 5.53. The van der Waals surface area contributed by atoms with Crippen molar-refractivity contribution in [3.8, 4) is 5.75 Å². The fourth-order valence-corrected chi connectivity index (χ4v) is 8.68. The molecule has 0 radical (unpaired) electrons. The average molecular weight is 704 g/mol. The molecule has 10 heteroatoms. The number of imide groups is 2. The van der Waals surface area contributed by atoms with E-state index in [0.717, 1.165) is 21.0 Å². The predicted octanol–water partition coefficient (Wildman–Crippen LogP) is 7.11. The van der Waals surface area contributed by atoms with E-state index >= 15 is 0 Å². The normalized spacial score (nSPS) is 28.6. The van der Waals surface area contributed by atoms with Gasteiger partial charge in [0.25, 0.3) is 0 Å². The van der Waals surface area contributed by atoms with Crippen molar-refractivity contribution >= 4 is 62.5 Å². The van der Waals surface area contributed by atoms with Crippen molar-refractivity contribution in [3.63, 3.8) is 0 Å². The Labute approximate surface area is 278 Å². The number of fused-ring (bicyclic) bond motifs is 4. The lowest BCUT2D eigenvalue weighted by atomic mass is 9.51. The highest BCUT2D eigenvalue weighted by Crippen LogP contribution is 2.64. The Hall–Kier alpha value is -4.08. The van der Waals surface area contributed by atoms with Crippen LogP contribution >= 0.6 is 27.5 Å². The maximum Gasteiger partial charge on any atom is 0.241 e. The predicted molar refractivity (Wildman–Crippen MR) is 175 cm³/mol. The van der Waals surface area contributed by atoms with Gasteiger partial charge in [0.05, 0.1) is 39.6 Å². The van der Waals surface area contributed by atoms with Gasteiger partial charge in [-0.2, -0.15) is 0 Å². The number of benzene rings is 3. The second-order valence-corrected chi connectivity index (χ2v) is 13.9. The number of carbonyl (C=O) groups is 4.